The van der Waals surface area contributed by atoms with E-state index in [1.165, 1.54) is 6.07 Å². The lowest BCUT2D eigenvalue weighted by molar-refractivity contribution is 0.298. The highest BCUT2D eigenvalue weighted by molar-refractivity contribution is 7.91. The van der Waals surface area contributed by atoms with E-state index in [2.05, 4.69) is 15.5 Å². The van der Waals surface area contributed by atoms with Gasteiger partial charge in [0.1, 0.15) is 27.1 Å². The van der Waals surface area contributed by atoms with Crippen molar-refractivity contribution in [2.75, 3.05) is 11.4 Å². The first-order valence-electron chi connectivity index (χ1n) is 9.56. The average Bonchev–Trinajstić information content (AvgIpc) is 3.08. The molecule has 0 bridgehead atoms. The van der Waals surface area contributed by atoms with Crippen molar-refractivity contribution in [3.8, 4) is 0 Å². The van der Waals surface area contributed by atoms with Gasteiger partial charge in [-0.3, -0.25) is 0 Å². The Labute approximate surface area is 155 Å². The van der Waals surface area contributed by atoms with E-state index in [0.717, 1.165) is 0 Å². The number of hydrogen-bond acceptors (Lipinski definition) is 7. The van der Waals surface area contributed by atoms with Gasteiger partial charge in [-0.05, 0) is 54.5 Å². The largest absolute Gasteiger partial charge is 0.411 e. The lowest BCUT2D eigenvalue weighted by Crippen LogP contribution is -2.25. The number of nitrogens with zero attached hydrogens (tertiary/aromatic N) is 3. The van der Waals surface area contributed by atoms with Crippen LogP contribution in [0.5, 0.6) is 0 Å². The Balaban J connectivity index is 1.80. The van der Waals surface area contributed by atoms with Crippen molar-refractivity contribution in [1.82, 2.24) is 10.3 Å². The summed E-state index contributed by atoms with van der Waals surface area (Å²) in [7, 11) is -4.18. The average molecular weight is 384 g/mol. The number of rotatable bonds is 5. The molecule has 0 aliphatic carbocycles. The van der Waals surface area contributed by atoms with Crippen molar-refractivity contribution in [3.05, 3.63) is 46.5 Å². The Morgan fingerprint density at radius 3 is 2.96 bits per heavy atom. The molecule has 3 rings (SSSR count). The van der Waals surface area contributed by atoms with E-state index < -0.39 is 27.2 Å². The number of halogens is 1. The van der Waals surface area contributed by atoms with Gasteiger partial charge >= 0.3 is 0 Å². The molecule has 2 unspecified atom stereocenters. The Hall–Kier alpha value is -2.29. The van der Waals surface area contributed by atoms with Crippen LogP contribution >= 0.6 is 0 Å². The molecule has 1 fully saturated rings. The Bertz CT molecular complexity index is 1040. The van der Waals surface area contributed by atoms with E-state index in [-0.39, 0.29) is 48.6 Å². The fraction of sp³-hybridized carbons (Fsp3) is 0.471. The van der Waals surface area contributed by atoms with E-state index in [9.17, 15) is 18.0 Å². The van der Waals surface area contributed by atoms with E-state index in [1.807, 2.05) is 0 Å². The second kappa shape index (κ2) is 7.53. The highest BCUT2D eigenvalue weighted by Crippen LogP contribution is 2.24. The molecular weight excluding hydrogens is 361 g/mol. The molecule has 2 aromatic rings. The number of hydrogen-bond donors (Lipinski definition) is 1. The fourth-order valence-electron chi connectivity index (χ4n) is 2.80. The number of benzene rings is 1. The van der Waals surface area contributed by atoms with Crippen LogP contribution in [-0.2, 0) is 22.7 Å². The molecule has 140 valence electrons. The minimum Gasteiger partial charge on any atom is -0.411 e. The Kier molecular flexibility index (Phi) is 4.29. The van der Waals surface area contributed by atoms with Crippen LogP contribution in [-0.4, -0.2) is 41.1 Å². The monoisotopic (exact) mass is 384 g/mol. The maximum Gasteiger partial charge on any atom is 0.156 e. The summed E-state index contributed by atoms with van der Waals surface area (Å²) in [6.07, 6.45) is -0.0822. The van der Waals surface area contributed by atoms with Gasteiger partial charge in [-0.1, -0.05) is 22.4 Å². The van der Waals surface area contributed by atoms with Gasteiger partial charge in [0.2, 0.25) is 0 Å². The molecule has 1 saturated heterocycles. The normalized spacial score (nSPS) is 26.7. The Morgan fingerprint density at radius 2 is 2.27 bits per heavy atom. The highest BCUT2D eigenvalue weighted by atomic mass is 32.2. The molecule has 2 heterocycles. The van der Waals surface area contributed by atoms with Gasteiger partial charge in [0.25, 0.3) is 0 Å². The summed E-state index contributed by atoms with van der Waals surface area (Å²) in [5.41, 5.74) is -2.38. The zero-order chi connectivity index (χ0) is 21.4. The molecule has 0 spiro atoms. The second-order valence-electron chi connectivity index (χ2n) is 6.23. The Morgan fingerprint density at radius 1 is 1.46 bits per heavy atom. The molecule has 9 heteroatoms. The molecule has 1 N–H and O–H groups in total. The third-order valence-electron chi connectivity index (χ3n) is 4.25. The third kappa shape index (κ3) is 4.27. The van der Waals surface area contributed by atoms with Gasteiger partial charge in [0.15, 0.2) is 5.69 Å². The van der Waals surface area contributed by atoms with Crippen molar-refractivity contribution >= 4 is 15.5 Å². The lowest BCUT2D eigenvalue weighted by Gasteiger charge is -2.20. The first-order chi connectivity index (χ1) is 13.5. The molecule has 7 nitrogen and oxygen atoms in total. The van der Waals surface area contributed by atoms with E-state index >= 15 is 0 Å². The molecule has 1 aliphatic rings. The highest BCUT2D eigenvalue weighted by Gasteiger charge is 2.27. The SMILES string of the molecule is [2H]C1CC(Cc2nonc2C(Cc2ccc(F)c(C)c2)=NO)CC([2H])([2H])S1(=O)=O. The van der Waals surface area contributed by atoms with Crippen molar-refractivity contribution in [2.45, 2.75) is 32.6 Å². The maximum absolute atomic E-state index is 13.5. The maximum atomic E-state index is 13.5. The minimum atomic E-state index is -4.18. The van der Waals surface area contributed by atoms with Gasteiger partial charge in [0, 0.05) is 10.5 Å². The number of aromatic nitrogens is 2. The molecular formula is C17H20FN3O4S. The van der Waals surface area contributed by atoms with Crippen LogP contribution in [0.25, 0.3) is 0 Å². The minimum absolute atomic E-state index is 0.0447. The zero-order valence-electron chi connectivity index (χ0n) is 17.0. The van der Waals surface area contributed by atoms with Crippen LogP contribution < -0.4 is 0 Å². The van der Waals surface area contributed by atoms with Gasteiger partial charge in [-0.2, -0.15) is 0 Å². The first-order valence-corrected chi connectivity index (χ1v) is 9.53. The van der Waals surface area contributed by atoms with Crippen molar-refractivity contribution < 1.29 is 26.8 Å². The van der Waals surface area contributed by atoms with Crippen LogP contribution in [0, 0.1) is 18.7 Å². The molecule has 1 aromatic carbocycles. The predicted molar refractivity (Wildman–Crippen MR) is 92.5 cm³/mol. The van der Waals surface area contributed by atoms with Gasteiger partial charge < -0.3 is 5.21 Å². The molecule has 0 radical (unpaired) electrons. The van der Waals surface area contributed by atoms with Gasteiger partial charge in [-0.15, -0.1) is 0 Å². The summed E-state index contributed by atoms with van der Waals surface area (Å²) in [5.74, 6) is -0.832. The predicted octanol–water partition coefficient (Wildman–Crippen LogP) is 2.31. The summed E-state index contributed by atoms with van der Waals surface area (Å²) >= 11 is 0. The summed E-state index contributed by atoms with van der Waals surface area (Å²) in [6, 6.07) is 4.46. The van der Waals surface area contributed by atoms with Gasteiger partial charge in [-0.25, -0.2) is 17.4 Å². The molecule has 1 aliphatic heterocycles. The number of sulfone groups is 1. The number of oxime groups is 1. The molecule has 0 amide bonds. The van der Waals surface area contributed by atoms with Crippen LogP contribution in [0.4, 0.5) is 4.39 Å². The summed E-state index contributed by atoms with van der Waals surface area (Å²) in [6.45, 7) is 1.61. The lowest BCUT2D eigenvalue weighted by atomic mass is 9.94. The first kappa shape index (κ1) is 14.8. The molecule has 2 atom stereocenters. The van der Waals surface area contributed by atoms with E-state index in [0.29, 0.717) is 11.1 Å². The standard InChI is InChI=1S/C17H20FN3O4S/c1-11-8-13(2-3-14(11)18)10-15(19-22)17-16(20-25-21-17)9-12-4-6-26(23,24)7-5-12/h2-3,8,12,22H,4-7,9-10H2,1H3/i6D,7D2. The number of aryl methyl sites for hydroxylation is 1. The zero-order valence-corrected chi connectivity index (χ0v) is 14.8. The topological polar surface area (TPSA) is 106 Å². The van der Waals surface area contributed by atoms with Crippen molar-refractivity contribution in [1.29, 1.82) is 0 Å². The smallest absolute Gasteiger partial charge is 0.156 e. The van der Waals surface area contributed by atoms with Crippen LogP contribution in [0.2, 0.25) is 0 Å². The van der Waals surface area contributed by atoms with E-state index in [4.69, 9.17) is 8.74 Å². The fourth-order valence-corrected chi connectivity index (χ4v) is 3.92. The molecule has 26 heavy (non-hydrogen) atoms. The van der Waals surface area contributed by atoms with Crippen LogP contribution in [0.3, 0.4) is 0 Å². The summed E-state index contributed by atoms with van der Waals surface area (Å²) in [4.78, 5) is 0. The third-order valence-corrected chi connectivity index (χ3v) is 5.45. The summed E-state index contributed by atoms with van der Waals surface area (Å²) < 4.78 is 65.5. The molecule has 1 aromatic heterocycles. The quantitative estimate of drug-likeness (QED) is 0.482. The second-order valence-corrected chi connectivity index (χ2v) is 7.94. The van der Waals surface area contributed by atoms with E-state index in [1.54, 1.807) is 19.1 Å². The molecule has 0 saturated carbocycles. The van der Waals surface area contributed by atoms with Crippen LogP contribution in [0.1, 0.15) is 39.5 Å². The summed E-state index contributed by atoms with van der Waals surface area (Å²) in [5, 5.41) is 20.2. The van der Waals surface area contributed by atoms with Crippen LogP contribution in [0.15, 0.2) is 28.0 Å². The van der Waals surface area contributed by atoms with Gasteiger partial charge in [0.05, 0.1) is 11.4 Å². The van der Waals surface area contributed by atoms with Crippen molar-refractivity contribution in [3.63, 3.8) is 0 Å². The van der Waals surface area contributed by atoms with Crippen molar-refractivity contribution in [2.24, 2.45) is 11.1 Å².